The molecule has 6 N–H and O–H groups in total. The molecule has 0 radical (unpaired) electrons. The number of rotatable bonds is 12. The summed E-state index contributed by atoms with van der Waals surface area (Å²) >= 11 is 0. The molecule has 47 heavy (non-hydrogen) atoms. The van der Waals surface area contributed by atoms with Crippen LogP contribution in [0.3, 0.4) is 0 Å². The van der Waals surface area contributed by atoms with Gasteiger partial charge in [-0.1, -0.05) is 48.5 Å². The van der Waals surface area contributed by atoms with Crippen LogP contribution in [-0.2, 0) is 33.4 Å². The summed E-state index contributed by atoms with van der Waals surface area (Å²) in [5.41, 5.74) is 8.59. The quantitative estimate of drug-likeness (QED) is 0.205. The smallest absolute Gasteiger partial charge is 0.413 e. The van der Waals surface area contributed by atoms with Crippen molar-refractivity contribution in [1.82, 2.24) is 20.9 Å². The molecule has 0 aromatic heterocycles. The molecule has 0 spiro atoms. The normalized spacial score (nSPS) is 14.7. The molecule has 0 bridgehead atoms. The zero-order valence-corrected chi connectivity index (χ0v) is 27.4. The Morgan fingerprint density at radius 2 is 1.47 bits per heavy atom. The molecule has 0 unspecified atom stereocenters. The first-order valence-electron chi connectivity index (χ1n) is 15.1. The highest BCUT2D eigenvalue weighted by Crippen LogP contribution is 2.44. The summed E-state index contributed by atoms with van der Waals surface area (Å²) in [7, 11) is 1.34. The number of aliphatic hydroxyl groups excluding tert-OH is 1. The van der Waals surface area contributed by atoms with E-state index in [-0.39, 0.29) is 12.5 Å². The predicted octanol–water partition coefficient (Wildman–Crippen LogP) is 0.940. The van der Waals surface area contributed by atoms with E-state index >= 15 is 0 Å². The zero-order valence-electron chi connectivity index (χ0n) is 27.4. The number of nitrogens with one attached hydrogen (secondary N) is 3. The molecule has 14 nitrogen and oxygen atoms in total. The lowest BCUT2D eigenvalue weighted by Crippen LogP contribution is -2.59. The van der Waals surface area contributed by atoms with Crippen molar-refractivity contribution in [2.75, 3.05) is 20.2 Å². The number of imide groups is 1. The fourth-order valence-electron chi connectivity index (χ4n) is 5.11. The van der Waals surface area contributed by atoms with Gasteiger partial charge in [-0.25, -0.2) is 4.79 Å². The van der Waals surface area contributed by atoms with E-state index in [4.69, 9.17) is 15.2 Å². The highest BCUT2D eigenvalue weighted by molar-refractivity contribution is 6.00. The molecule has 3 rings (SSSR count). The summed E-state index contributed by atoms with van der Waals surface area (Å²) in [5.74, 6) is -4.59. The van der Waals surface area contributed by atoms with Crippen molar-refractivity contribution in [2.45, 2.75) is 76.8 Å². The van der Waals surface area contributed by atoms with Gasteiger partial charge in [0.1, 0.15) is 24.3 Å². The number of aliphatic hydroxyl groups is 1. The number of carbonyl (C=O) groups is 6. The minimum atomic E-state index is -1.65. The van der Waals surface area contributed by atoms with Gasteiger partial charge in [0, 0.05) is 13.0 Å². The molecular weight excluding hydrogens is 610 g/mol. The number of esters is 1. The molecule has 254 valence electrons. The van der Waals surface area contributed by atoms with Crippen molar-refractivity contribution in [3.63, 3.8) is 0 Å². The number of alkyl carbamates (subject to hydrolysis) is 1. The first-order valence-corrected chi connectivity index (χ1v) is 15.1. The number of benzene rings is 2. The van der Waals surface area contributed by atoms with E-state index in [0.717, 1.165) is 27.2 Å². The standard InChI is InChI=1S/C33H43N5O9/c1-18(34)31(44)38(6)16-26(40)36-28(19(2)39)30(43)35-25(15-27(41)47-33(3,4)5)29(42)37-32(45)46-17-24-22-13-9-7-11-20(22)21-12-8-10-14-23(21)24/h7-14,18-19,24-25,28,39H,15-17,34H2,1-6H3,(H,35,43)(H,36,40)(H,37,42,45)/t18-,19+,25-,28-/m0/s1. The second kappa shape index (κ2) is 15.6. The van der Waals surface area contributed by atoms with Gasteiger partial charge >= 0.3 is 12.1 Å². The molecule has 0 aliphatic heterocycles. The van der Waals surface area contributed by atoms with Crippen molar-refractivity contribution >= 4 is 35.7 Å². The Labute approximate surface area is 273 Å². The number of hydrogen-bond donors (Lipinski definition) is 5. The van der Waals surface area contributed by atoms with E-state index in [2.05, 4.69) is 16.0 Å². The van der Waals surface area contributed by atoms with Gasteiger partial charge in [-0.3, -0.25) is 29.3 Å². The molecule has 1 aliphatic rings. The van der Waals surface area contributed by atoms with Crippen LogP contribution in [0.25, 0.3) is 11.1 Å². The van der Waals surface area contributed by atoms with Crippen molar-refractivity contribution < 1.29 is 43.3 Å². The minimum absolute atomic E-state index is 0.0910. The predicted molar refractivity (Wildman–Crippen MR) is 171 cm³/mol. The molecule has 2 aromatic rings. The fourth-order valence-corrected chi connectivity index (χ4v) is 5.11. The molecule has 14 heteroatoms. The average molecular weight is 654 g/mol. The molecule has 0 saturated heterocycles. The maximum atomic E-state index is 13.2. The molecule has 0 heterocycles. The molecule has 1 aliphatic carbocycles. The van der Waals surface area contributed by atoms with Crippen molar-refractivity contribution in [3.05, 3.63) is 59.7 Å². The second-order valence-corrected chi connectivity index (χ2v) is 12.4. The van der Waals surface area contributed by atoms with Crippen LogP contribution >= 0.6 is 0 Å². The van der Waals surface area contributed by atoms with Crippen LogP contribution in [-0.4, -0.2) is 95.7 Å². The Hall–Kier alpha value is -4.82. The van der Waals surface area contributed by atoms with Crippen LogP contribution in [0.5, 0.6) is 0 Å². The Morgan fingerprint density at radius 1 is 0.915 bits per heavy atom. The van der Waals surface area contributed by atoms with Crippen LogP contribution in [0.2, 0.25) is 0 Å². The van der Waals surface area contributed by atoms with Crippen LogP contribution in [0, 0.1) is 0 Å². The Morgan fingerprint density at radius 3 is 1.98 bits per heavy atom. The van der Waals surface area contributed by atoms with E-state index in [1.807, 2.05) is 48.5 Å². The van der Waals surface area contributed by atoms with Gasteiger partial charge in [-0.15, -0.1) is 0 Å². The van der Waals surface area contributed by atoms with Crippen LogP contribution < -0.4 is 21.7 Å². The summed E-state index contributed by atoms with van der Waals surface area (Å²) in [5, 5.41) is 16.9. The van der Waals surface area contributed by atoms with Gasteiger partial charge in [0.15, 0.2) is 0 Å². The monoisotopic (exact) mass is 653 g/mol. The maximum Gasteiger partial charge on any atom is 0.413 e. The maximum absolute atomic E-state index is 13.2. The lowest BCUT2D eigenvalue weighted by Gasteiger charge is -2.26. The van der Waals surface area contributed by atoms with Crippen LogP contribution in [0.15, 0.2) is 48.5 Å². The third-order valence-electron chi connectivity index (χ3n) is 7.22. The minimum Gasteiger partial charge on any atom is -0.460 e. The summed E-state index contributed by atoms with van der Waals surface area (Å²) < 4.78 is 10.7. The molecule has 2 aromatic carbocycles. The number of carbonyl (C=O) groups excluding carboxylic acids is 6. The summed E-state index contributed by atoms with van der Waals surface area (Å²) in [6.45, 7) is 6.94. The van der Waals surface area contributed by atoms with E-state index in [1.54, 1.807) is 20.8 Å². The lowest BCUT2D eigenvalue weighted by atomic mass is 9.98. The van der Waals surface area contributed by atoms with Crippen LogP contribution in [0.4, 0.5) is 4.79 Å². The molecule has 4 atom stereocenters. The van der Waals surface area contributed by atoms with Gasteiger partial charge in [-0.05, 0) is 56.9 Å². The Balaban J connectivity index is 1.70. The van der Waals surface area contributed by atoms with Crippen molar-refractivity contribution in [3.8, 4) is 11.1 Å². The number of hydrogen-bond acceptors (Lipinski definition) is 10. The zero-order chi connectivity index (χ0) is 35.1. The summed E-state index contributed by atoms with van der Waals surface area (Å²) in [6.07, 6.45) is -3.25. The number of fused-ring (bicyclic) bond motifs is 3. The molecular formula is C33H43N5O9. The third kappa shape index (κ3) is 10.1. The Bertz CT molecular complexity index is 1460. The van der Waals surface area contributed by atoms with Crippen LogP contribution in [0.1, 0.15) is 58.1 Å². The first-order chi connectivity index (χ1) is 22.0. The van der Waals surface area contributed by atoms with Gasteiger partial charge in [0.2, 0.25) is 17.7 Å². The number of likely N-dealkylation sites (N-methyl/N-ethyl adjacent to an activating group) is 1. The number of nitrogens with zero attached hydrogens (tertiary/aromatic N) is 1. The molecule has 0 fully saturated rings. The number of amides is 5. The first kappa shape index (κ1) is 36.6. The van der Waals surface area contributed by atoms with E-state index in [9.17, 15) is 33.9 Å². The highest BCUT2D eigenvalue weighted by atomic mass is 16.6. The van der Waals surface area contributed by atoms with E-state index in [1.165, 1.54) is 20.9 Å². The van der Waals surface area contributed by atoms with E-state index in [0.29, 0.717) is 0 Å². The fraction of sp³-hybridized carbons (Fsp3) is 0.455. The van der Waals surface area contributed by atoms with Gasteiger partial charge < -0.3 is 35.8 Å². The largest absolute Gasteiger partial charge is 0.460 e. The molecule has 0 saturated carbocycles. The number of nitrogens with two attached hydrogens (primary N) is 1. The summed E-state index contributed by atoms with van der Waals surface area (Å²) in [4.78, 5) is 77.6. The molecule has 5 amide bonds. The summed E-state index contributed by atoms with van der Waals surface area (Å²) in [6, 6.07) is 11.3. The lowest BCUT2D eigenvalue weighted by molar-refractivity contribution is -0.156. The topological polar surface area (TPSA) is 206 Å². The van der Waals surface area contributed by atoms with Gasteiger partial charge in [0.25, 0.3) is 5.91 Å². The Kier molecular flexibility index (Phi) is 12.2. The highest BCUT2D eigenvalue weighted by Gasteiger charge is 2.34. The third-order valence-corrected chi connectivity index (χ3v) is 7.22. The van der Waals surface area contributed by atoms with Crippen molar-refractivity contribution in [2.24, 2.45) is 5.73 Å². The number of ether oxygens (including phenoxy) is 2. The van der Waals surface area contributed by atoms with Crippen molar-refractivity contribution in [1.29, 1.82) is 0 Å². The second-order valence-electron chi connectivity index (χ2n) is 12.4. The van der Waals surface area contributed by atoms with Gasteiger partial charge in [-0.2, -0.15) is 0 Å². The van der Waals surface area contributed by atoms with E-state index < -0.39 is 78.5 Å². The van der Waals surface area contributed by atoms with Gasteiger partial charge in [0.05, 0.1) is 25.1 Å². The average Bonchev–Trinajstić information content (AvgIpc) is 3.30. The SMILES string of the molecule is C[C@H](N)C(=O)N(C)CC(=O)N[C@H](C(=O)N[C@@H](CC(=O)OC(C)(C)C)C(=O)NC(=O)OCC1c2ccccc2-c2ccccc21)[C@@H](C)O.